The van der Waals surface area contributed by atoms with Crippen LogP contribution in [0.15, 0.2) is 42.9 Å². The van der Waals surface area contributed by atoms with Gasteiger partial charge in [-0.1, -0.05) is 6.07 Å². The average Bonchev–Trinajstić information content (AvgIpc) is 3.22. The molecule has 7 heteroatoms. The third-order valence-corrected chi connectivity index (χ3v) is 6.17. The molecule has 2 aliphatic heterocycles. The second-order valence-electron chi connectivity index (χ2n) is 8.41. The lowest BCUT2D eigenvalue weighted by Crippen LogP contribution is -2.47. The highest BCUT2D eigenvalue weighted by molar-refractivity contribution is 5.96. The molecule has 0 aliphatic carbocycles. The molecule has 0 radical (unpaired) electrons. The predicted molar refractivity (Wildman–Crippen MR) is 109 cm³/mol. The van der Waals surface area contributed by atoms with Crippen LogP contribution in [0.5, 0.6) is 0 Å². The smallest absolute Gasteiger partial charge is 0.255 e. The zero-order chi connectivity index (χ0) is 20.6. The largest absolute Gasteiger partial charge is 0.348 e. The van der Waals surface area contributed by atoms with E-state index in [-0.39, 0.29) is 17.7 Å². The number of hydrogen-bond donors (Lipinski definition) is 0. The molecule has 2 amide bonds. The first kappa shape index (κ1) is 19.5. The zero-order valence-electron chi connectivity index (χ0n) is 17.2. The summed E-state index contributed by atoms with van der Waals surface area (Å²) >= 11 is 0. The van der Waals surface area contributed by atoms with Crippen LogP contribution < -0.4 is 0 Å². The first-order chi connectivity index (χ1) is 13.9. The molecular formula is C22H27N5O2. The van der Waals surface area contributed by atoms with Gasteiger partial charge < -0.3 is 9.80 Å². The van der Waals surface area contributed by atoms with E-state index in [1.807, 2.05) is 30.2 Å². The molecule has 29 heavy (non-hydrogen) atoms. The van der Waals surface area contributed by atoms with Gasteiger partial charge in [-0.25, -0.2) is 0 Å². The molecule has 0 N–H and O–H groups in total. The molecular weight excluding hydrogens is 366 g/mol. The van der Waals surface area contributed by atoms with Crippen molar-refractivity contribution in [1.29, 1.82) is 0 Å². The minimum Gasteiger partial charge on any atom is -0.348 e. The van der Waals surface area contributed by atoms with E-state index in [1.165, 1.54) is 0 Å². The van der Waals surface area contributed by atoms with Crippen molar-refractivity contribution in [2.75, 3.05) is 40.3 Å². The van der Waals surface area contributed by atoms with Crippen molar-refractivity contribution in [1.82, 2.24) is 24.7 Å². The Kier molecular flexibility index (Phi) is 5.08. The van der Waals surface area contributed by atoms with E-state index >= 15 is 0 Å². The van der Waals surface area contributed by atoms with E-state index in [2.05, 4.69) is 20.9 Å². The summed E-state index contributed by atoms with van der Waals surface area (Å²) in [5, 5.41) is 0. The number of aryl methyl sites for hydroxylation is 1. The molecule has 0 aromatic carbocycles. The molecule has 7 nitrogen and oxygen atoms in total. The standard InChI is InChI=1S/C22H27N5O2/c1-16-19(7-5-9-24-16)20(28)27-13-18-12-26(11-17-6-4-8-23-10-17)14-22(18,15-27)21(29)25(2)3/h4-10,18H,11-15H2,1-3H3/t18-,22-/m0/s1. The number of pyridine rings is 2. The highest BCUT2D eigenvalue weighted by Crippen LogP contribution is 2.44. The summed E-state index contributed by atoms with van der Waals surface area (Å²) in [4.78, 5) is 40.7. The number of rotatable bonds is 4. The molecule has 2 saturated heterocycles. The van der Waals surface area contributed by atoms with Gasteiger partial charge in [0.25, 0.3) is 5.91 Å². The Morgan fingerprint density at radius 2 is 1.97 bits per heavy atom. The summed E-state index contributed by atoms with van der Waals surface area (Å²) in [6.45, 7) is 5.11. The van der Waals surface area contributed by atoms with E-state index < -0.39 is 5.41 Å². The maximum absolute atomic E-state index is 13.3. The van der Waals surface area contributed by atoms with Crippen molar-refractivity contribution >= 4 is 11.8 Å². The minimum atomic E-state index is -0.558. The molecule has 0 bridgehead atoms. The van der Waals surface area contributed by atoms with Gasteiger partial charge in [0, 0.05) is 77.0 Å². The van der Waals surface area contributed by atoms with Crippen molar-refractivity contribution in [2.45, 2.75) is 13.5 Å². The summed E-state index contributed by atoms with van der Waals surface area (Å²) < 4.78 is 0. The van der Waals surface area contributed by atoms with Gasteiger partial charge in [-0.3, -0.25) is 24.5 Å². The summed E-state index contributed by atoms with van der Waals surface area (Å²) in [7, 11) is 3.60. The molecule has 4 rings (SSSR count). The number of aromatic nitrogens is 2. The van der Waals surface area contributed by atoms with Crippen LogP contribution in [0.2, 0.25) is 0 Å². The fraction of sp³-hybridized carbons (Fsp3) is 0.455. The third-order valence-electron chi connectivity index (χ3n) is 6.17. The Morgan fingerprint density at radius 3 is 2.66 bits per heavy atom. The minimum absolute atomic E-state index is 0.0326. The van der Waals surface area contributed by atoms with Crippen molar-refractivity contribution in [3.8, 4) is 0 Å². The van der Waals surface area contributed by atoms with Gasteiger partial charge in [-0.05, 0) is 30.7 Å². The molecule has 2 aromatic rings. The molecule has 152 valence electrons. The molecule has 0 unspecified atom stereocenters. The van der Waals surface area contributed by atoms with Crippen LogP contribution in [-0.4, -0.2) is 76.8 Å². The third kappa shape index (κ3) is 3.51. The number of fused-ring (bicyclic) bond motifs is 1. The van der Waals surface area contributed by atoms with Crippen molar-refractivity contribution in [3.63, 3.8) is 0 Å². The molecule has 0 spiro atoms. The van der Waals surface area contributed by atoms with Gasteiger partial charge in [0.05, 0.1) is 11.0 Å². The first-order valence-electron chi connectivity index (χ1n) is 9.94. The SMILES string of the molecule is Cc1ncccc1C(=O)N1C[C@@H]2CN(Cc3cccnc3)C[C@]2(C(=O)N(C)C)C1. The molecule has 2 fully saturated rings. The first-order valence-corrected chi connectivity index (χ1v) is 9.94. The van der Waals surface area contributed by atoms with Crippen LogP contribution in [0.4, 0.5) is 0 Å². The fourth-order valence-electron chi connectivity index (χ4n) is 4.82. The Morgan fingerprint density at radius 1 is 1.17 bits per heavy atom. The lowest BCUT2D eigenvalue weighted by molar-refractivity contribution is -0.139. The molecule has 4 heterocycles. The number of likely N-dealkylation sites (tertiary alicyclic amines) is 2. The molecule has 2 aliphatic rings. The second kappa shape index (κ2) is 7.55. The van der Waals surface area contributed by atoms with Crippen LogP contribution in [0, 0.1) is 18.3 Å². The van der Waals surface area contributed by atoms with Gasteiger partial charge in [-0.2, -0.15) is 0 Å². The number of nitrogens with zero attached hydrogens (tertiary/aromatic N) is 5. The van der Waals surface area contributed by atoms with Crippen LogP contribution in [0.1, 0.15) is 21.6 Å². The average molecular weight is 393 g/mol. The Balaban J connectivity index is 1.57. The summed E-state index contributed by atoms with van der Waals surface area (Å²) in [6.07, 6.45) is 5.33. The van der Waals surface area contributed by atoms with Crippen LogP contribution in [-0.2, 0) is 11.3 Å². The highest BCUT2D eigenvalue weighted by atomic mass is 16.2. The van der Waals surface area contributed by atoms with Crippen LogP contribution in [0.25, 0.3) is 0 Å². The Hall–Kier alpha value is -2.80. The number of carbonyl (C=O) groups excluding carboxylic acids is 2. The number of hydrogen-bond acceptors (Lipinski definition) is 5. The lowest BCUT2D eigenvalue weighted by Gasteiger charge is -2.31. The van der Waals surface area contributed by atoms with Crippen molar-refractivity contribution < 1.29 is 9.59 Å². The maximum Gasteiger partial charge on any atom is 0.255 e. The molecule has 2 atom stereocenters. The molecule has 2 aromatic heterocycles. The maximum atomic E-state index is 13.3. The number of amides is 2. The molecule has 0 saturated carbocycles. The van der Waals surface area contributed by atoms with Gasteiger partial charge in [0.2, 0.25) is 5.91 Å². The van der Waals surface area contributed by atoms with E-state index in [1.54, 1.807) is 37.5 Å². The predicted octanol–water partition coefficient (Wildman–Crippen LogP) is 1.45. The summed E-state index contributed by atoms with van der Waals surface area (Å²) in [5.74, 6) is 0.194. The normalized spacial score (nSPS) is 23.8. The number of carbonyl (C=O) groups is 2. The van der Waals surface area contributed by atoms with E-state index in [9.17, 15) is 9.59 Å². The van der Waals surface area contributed by atoms with Crippen molar-refractivity contribution in [3.05, 3.63) is 59.7 Å². The topological polar surface area (TPSA) is 69.6 Å². The van der Waals surface area contributed by atoms with Crippen LogP contribution in [0.3, 0.4) is 0 Å². The Bertz CT molecular complexity index is 916. The Labute approximate surface area is 171 Å². The van der Waals surface area contributed by atoms with Gasteiger partial charge in [0.15, 0.2) is 0 Å². The van der Waals surface area contributed by atoms with E-state index in [0.29, 0.717) is 25.2 Å². The zero-order valence-corrected chi connectivity index (χ0v) is 17.2. The van der Waals surface area contributed by atoms with Crippen molar-refractivity contribution in [2.24, 2.45) is 11.3 Å². The summed E-state index contributed by atoms with van der Waals surface area (Å²) in [5.41, 5.74) is 1.92. The lowest BCUT2D eigenvalue weighted by atomic mass is 9.80. The highest BCUT2D eigenvalue weighted by Gasteiger charge is 2.58. The monoisotopic (exact) mass is 393 g/mol. The van der Waals surface area contributed by atoms with Gasteiger partial charge in [-0.15, -0.1) is 0 Å². The summed E-state index contributed by atoms with van der Waals surface area (Å²) in [6, 6.07) is 7.59. The van der Waals surface area contributed by atoms with Gasteiger partial charge in [0.1, 0.15) is 0 Å². The fourth-order valence-corrected chi connectivity index (χ4v) is 4.82. The quantitative estimate of drug-likeness (QED) is 0.786. The second-order valence-corrected chi connectivity index (χ2v) is 8.41. The van der Waals surface area contributed by atoms with Crippen LogP contribution >= 0.6 is 0 Å². The van der Waals surface area contributed by atoms with E-state index in [0.717, 1.165) is 24.3 Å². The van der Waals surface area contributed by atoms with Gasteiger partial charge >= 0.3 is 0 Å². The van der Waals surface area contributed by atoms with E-state index in [4.69, 9.17) is 0 Å².